The molecule has 8 aromatic rings. The van der Waals surface area contributed by atoms with Crippen molar-refractivity contribution in [3.63, 3.8) is 0 Å². The fraction of sp³-hybridized carbons (Fsp3) is 0.0270. The molecule has 274 valence electrons. The Morgan fingerprint density at radius 1 is 0.596 bits per heavy atom. The number of hydrogen-bond acceptors (Lipinski definition) is 16. The number of anilines is 2. The summed E-state index contributed by atoms with van der Waals surface area (Å²) in [6.07, 6.45) is 0. The van der Waals surface area contributed by atoms with Crippen molar-refractivity contribution in [2.24, 2.45) is 20.5 Å². The first-order valence-electron chi connectivity index (χ1n) is 16.1. The molecule has 0 radical (unpaired) electrons. The third-order valence-corrected chi connectivity index (χ3v) is 12.8. The van der Waals surface area contributed by atoms with Gasteiger partial charge in [0.05, 0.1) is 53.0 Å². The number of azo groups is 2. The van der Waals surface area contributed by atoms with Gasteiger partial charge in [0.25, 0.3) is 0 Å². The molecule has 0 unspecified atom stereocenters. The Labute approximate surface area is 377 Å². The fourth-order valence-corrected chi connectivity index (χ4v) is 9.89. The Morgan fingerprint density at radius 3 is 1.88 bits per heavy atom. The molecule has 0 spiro atoms. The van der Waals surface area contributed by atoms with E-state index in [1.54, 1.807) is 49.4 Å². The molecule has 57 heavy (non-hydrogen) atoms. The zero-order chi connectivity index (χ0) is 38.6. The number of aryl methyl sites for hydroxylation is 1. The Morgan fingerprint density at radius 2 is 1.19 bits per heavy atom. The number of benzene rings is 6. The van der Waals surface area contributed by atoms with Crippen LogP contribution in [0.3, 0.4) is 0 Å². The molecule has 2 aromatic heterocycles. The van der Waals surface area contributed by atoms with Gasteiger partial charge in [-0.2, -0.15) is 5.11 Å². The van der Waals surface area contributed by atoms with E-state index in [2.05, 4.69) is 25.4 Å². The van der Waals surface area contributed by atoms with Crippen LogP contribution in [-0.4, -0.2) is 35.9 Å². The molecule has 0 saturated carbocycles. The number of aromatic nitrogens is 2. The van der Waals surface area contributed by atoms with Crippen molar-refractivity contribution in [3.8, 4) is 21.1 Å². The molecule has 0 fully saturated rings. The maximum Gasteiger partial charge on any atom is 1.00 e. The van der Waals surface area contributed by atoms with Crippen LogP contribution in [0.2, 0.25) is 0 Å². The number of nitrogens with zero attached hydrogens (tertiary/aromatic N) is 6. The average molecular weight is 851 g/mol. The molecular weight excluding hydrogens is 827 g/mol. The van der Waals surface area contributed by atoms with Crippen molar-refractivity contribution < 1.29 is 85.1 Å². The van der Waals surface area contributed by atoms with Crippen LogP contribution in [0.15, 0.2) is 133 Å². The van der Waals surface area contributed by atoms with Gasteiger partial charge < -0.3 is 20.6 Å². The summed E-state index contributed by atoms with van der Waals surface area (Å²) in [5.74, 6) is 0. The van der Waals surface area contributed by atoms with Crippen LogP contribution < -0.4 is 70.6 Å². The zero-order valence-corrected chi connectivity index (χ0v) is 37.5. The molecule has 0 atom stereocenters. The molecule has 0 amide bonds. The summed E-state index contributed by atoms with van der Waals surface area (Å²) in [6, 6.07) is 28.4. The van der Waals surface area contributed by atoms with Crippen LogP contribution in [0.25, 0.3) is 52.3 Å². The molecule has 0 aliphatic heterocycles. The summed E-state index contributed by atoms with van der Waals surface area (Å²) in [4.78, 5) is 8.80. The van der Waals surface area contributed by atoms with Crippen molar-refractivity contribution in [2.45, 2.75) is 16.7 Å². The number of nitrogens with two attached hydrogens (primary N) is 2. The predicted molar refractivity (Wildman–Crippen MR) is 212 cm³/mol. The molecule has 2 heterocycles. The fourth-order valence-electron chi connectivity index (χ4n) is 5.92. The molecule has 14 nitrogen and oxygen atoms in total. The second-order valence-electron chi connectivity index (χ2n) is 12.2. The van der Waals surface area contributed by atoms with Gasteiger partial charge in [-0.3, -0.25) is 0 Å². The van der Waals surface area contributed by atoms with Crippen LogP contribution in [-0.2, 0) is 20.2 Å². The SMILES string of the molecule is Cc1ccc2nc(-c3ccc4nc(-c5ccc(N=Nc6cc(N=Nc7ccc(S(=O)(=O)[O-])c8ccccc78)c(N)cc6N)cc5)sc4c3)sc2c1S(=O)(=O)[O-].[Na+].[Na+]. The molecule has 0 saturated heterocycles. The van der Waals surface area contributed by atoms with E-state index in [4.69, 9.17) is 16.5 Å². The predicted octanol–water partition coefficient (Wildman–Crippen LogP) is 3.51. The molecule has 8 rings (SSSR count). The topological polar surface area (TPSA) is 242 Å². The first kappa shape index (κ1) is 42.6. The second-order valence-corrected chi connectivity index (χ2v) is 16.9. The average Bonchev–Trinajstić information content (AvgIpc) is 3.77. The van der Waals surface area contributed by atoms with Crippen LogP contribution in [0.5, 0.6) is 0 Å². The Bertz CT molecular complexity index is 3160. The van der Waals surface area contributed by atoms with Gasteiger partial charge in [-0.25, -0.2) is 26.8 Å². The van der Waals surface area contributed by atoms with E-state index in [1.807, 2.05) is 30.3 Å². The van der Waals surface area contributed by atoms with Crippen LogP contribution in [0.1, 0.15) is 5.56 Å². The summed E-state index contributed by atoms with van der Waals surface area (Å²) in [7, 11) is -9.38. The van der Waals surface area contributed by atoms with Crippen molar-refractivity contribution in [3.05, 3.63) is 109 Å². The Balaban J connectivity index is 0.00000275. The summed E-state index contributed by atoms with van der Waals surface area (Å²) in [5, 5.41) is 19.2. The van der Waals surface area contributed by atoms with Crippen LogP contribution in [0.4, 0.5) is 34.1 Å². The van der Waals surface area contributed by atoms with Gasteiger partial charge >= 0.3 is 59.1 Å². The number of nitrogen functional groups attached to an aromatic ring is 2. The molecule has 0 aliphatic carbocycles. The molecular formula is C37H24N8Na2O6S4. The summed E-state index contributed by atoms with van der Waals surface area (Å²) < 4.78 is 72.5. The minimum absolute atomic E-state index is 0. The summed E-state index contributed by atoms with van der Waals surface area (Å²) in [5.41, 5.74) is 17.5. The summed E-state index contributed by atoms with van der Waals surface area (Å²) in [6.45, 7) is 1.59. The Hall–Kier alpha value is -4.02. The number of thiazole rings is 2. The van der Waals surface area contributed by atoms with E-state index in [0.29, 0.717) is 43.2 Å². The van der Waals surface area contributed by atoms with Crippen LogP contribution >= 0.6 is 22.7 Å². The molecule has 0 aliphatic rings. The van der Waals surface area contributed by atoms with E-state index in [0.717, 1.165) is 37.7 Å². The van der Waals surface area contributed by atoms with Crippen LogP contribution in [0, 0.1) is 6.92 Å². The Kier molecular flexibility index (Phi) is 12.5. The molecule has 20 heteroatoms. The van der Waals surface area contributed by atoms with E-state index < -0.39 is 20.2 Å². The van der Waals surface area contributed by atoms with Gasteiger partial charge in [-0.1, -0.05) is 30.3 Å². The maximum absolute atomic E-state index is 12.0. The number of fused-ring (bicyclic) bond motifs is 3. The first-order valence-corrected chi connectivity index (χ1v) is 20.6. The number of rotatable bonds is 8. The van der Waals surface area contributed by atoms with Crippen molar-refractivity contribution in [1.82, 2.24) is 9.97 Å². The maximum atomic E-state index is 12.0. The normalized spacial score (nSPS) is 12.1. The largest absolute Gasteiger partial charge is 1.00 e. The minimum atomic E-state index is -4.70. The van der Waals surface area contributed by atoms with Gasteiger partial charge in [-0.05, 0) is 85.3 Å². The van der Waals surface area contributed by atoms with E-state index in [9.17, 15) is 25.9 Å². The summed E-state index contributed by atoms with van der Waals surface area (Å²) >= 11 is 2.64. The molecule has 4 N–H and O–H groups in total. The van der Waals surface area contributed by atoms with Crippen molar-refractivity contribution in [1.29, 1.82) is 0 Å². The van der Waals surface area contributed by atoms with Gasteiger partial charge in [0.2, 0.25) is 0 Å². The van der Waals surface area contributed by atoms with Gasteiger partial charge in [0, 0.05) is 21.9 Å². The molecule has 0 bridgehead atoms. The van der Waals surface area contributed by atoms with Gasteiger partial charge in [0.1, 0.15) is 41.6 Å². The third-order valence-electron chi connectivity index (χ3n) is 8.55. The van der Waals surface area contributed by atoms with Crippen molar-refractivity contribution in [2.75, 3.05) is 11.5 Å². The minimum Gasteiger partial charge on any atom is -0.744 e. The standard InChI is InChI=1S/C37H26N8O6S4.2Na/c1-19-6-12-29-34(35(19)55(49,50)51)53-37(41-29)21-9-13-28-32(16-21)52-36(40-28)20-7-10-22(11-8-20)42-44-30-18-31(26(39)17-25(30)38)45-43-27-14-15-33(54(46,47)48)24-5-3-2-4-23(24)27;;/h2-18H,38-39H2,1H3,(H,46,47,48)(H,49,50,51);;/q;2*+1/p-2. The van der Waals surface area contributed by atoms with E-state index in [1.165, 1.54) is 41.7 Å². The smallest absolute Gasteiger partial charge is 0.744 e. The monoisotopic (exact) mass is 850 g/mol. The van der Waals surface area contributed by atoms with Gasteiger partial charge in [-0.15, -0.1) is 38.0 Å². The molecule has 6 aromatic carbocycles. The van der Waals surface area contributed by atoms with Crippen molar-refractivity contribution >= 4 is 108 Å². The third kappa shape index (κ3) is 8.73. The van der Waals surface area contributed by atoms with E-state index >= 15 is 0 Å². The van der Waals surface area contributed by atoms with Gasteiger partial charge in [0.15, 0.2) is 0 Å². The number of hydrogen-bond donors (Lipinski definition) is 2. The zero-order valence-electron chi connectivity index (χ0n) is 30.2. The first-order chi connectivity index (χ1) is 26.2. The van der Waals surface area contributed by atoms with E-state index in [-0.39, 0.29) is 91.4 Å². The second kappa shape index (κ2) is 16.7. The quantitative estimate of drug-likeness (QED) is 0.0976.